The molecule has 0 saturated heterocycles. The normalized spacial score (nSPS) is 28.6. The summed E-state index contributed by atoms with van der Waals surface area (Å²) in [6.07, 6.45) is 6.91. The second-order valence-electron chi connectivity index (χ2n) is 12.5. The van der Waals surface area contributed by atoms with Gasteiger partial charge in [-0.05, 0) is 111 Å². The van der Waals surface area contributed by atoms with Crippen LogP contribution in [0.1, 0.15) is 81.7 Å². The van der Waals surface area contributed by atoms with E-state index in [4.69, 9.17) is 21.1 Å². The lowest BCUT2D eigenvalue weighted by molar-refractivity contribution is -0.155. The molecule has 0 spiro atoms. The number of nitrogens with zero attached hydrogens (tertiary/aromatic N) is 1. The van der Waals surface area contributed by atoms with Gasteiger partial charge in [-0.2, -0.15) is 4.72 Å². The maximum Gasteiger partial charge on any atom is 0.332 e. The topological polar surface area (TPSA) is 125 Å². The Kier molecular flexibility index (Phi) is 11.1. The van der Waals surface area contributed by atoms with Gasteiger partial charge in [0.1, 0.15) is 18.6 Å². The Morgan fingerprint density at radius 1 is 1.16 bits per heavy atom. The van der Waals surface area contributed by atoms with Crippen LogP contribution in [0.5, 0.6) is 5.75 Å². The molecule has 45 heavy (non-hydrogen) atoms. The molecule has 11 heteroatoms. The summed E-state index contributed by atoms with van der Waals surface area (Å²) in [4.78, 5) is 14.0. The predicted molar refractivity (Wildman–Crippen MR) is 175 cm³/mol. The first kappa shape index (κ1) is 33.7. The smallest absolute Gasteiger partial charge is 0.332 e. The number of carboxylic acids is 1. The van der Waals surface area contributed by atoms with E-state index in [9.17, 15) is 23.4 Å². The van der Waals surface area contributed by atoms with E-state index in [1.165, 1.54) is 0 Å². The molecule has 2 bridgehead atoms. The molecule has 1 saturated carbocycles. The number of aliphatic hydroxyl groups excluding tert-OH is 1. The molecule has 2 aromatic carbocycles. The summed E-state index contributed by atoms with van der Waals surface area (Å²) >= 11 is 6.33. The van der Waals surface area contributed by atoms with Gasteiger partial charge in [0.15, 0.2) is 6.10 Å². The molecular weight excluding hydrogens is 616 g/mol. The molecule has 9 nitrogen and oxygen atoms in total. The van der Waals surface area contributed by atoms with Crippen LogP contribution in [0.15, 0.2) is 48.6 Å². The molecule has 3 N–H and O–H groups in total. The Morgan fingerprint density at radius 3 is 2.71 bits per heavy atom. The van der Waals surface area contributed by atoms with Crippen molar-refractivity contribution in [3.63, 3.8) is 0 Å². The highest BCUT2D eigenvalue weighted by Gasteiger charge is 2.39. The zero-order chi connectivity index (χ0) is 32.1. The summed E-state index contributed by atoms with van der Waals surface area (Å²) in [5.41, 5.74) is 3.46. The van der Waals surface area contributed by atoms with Gasteiger partial charge in [0.05, 0.1) is 17.0 Å². The number of carbonyl (C=O) groups is 1. The van der Waals surface area contributed by atoms with Gasteiger partial charge in [-0.25, -0.2) is 13.2 Å². The molecule has 2 aromatic rings. The Labute approximate surface area is 271 Å². The van der Waals surface area contributed by atoms with Gasteiger partial charge >= 0.3 is 5.97 Å². The van der Waals surface area contributed by atoms with E-state index in [1.54, 1.807) is 13.0 Å². The van der Waals surface area contributed by atoms with Gasteiger partial charge < -0.3 is 24.6 Å². The van der Waals surface area contributed by atoms with Crippen molar-refractivity contribution in [2.45, 2.75) is 95.5 Å². The van der Waals surface area contributed by atoms with Crippen LogP contribution in [-0.4, -0.2) is 55.1 Å². The van der Waals surface area contributed by atoms with Crippen molar-refractivity contribution in [3.8, 4) is 5.75 Å². The van der Waals surface area contributed by atoms with Gasteiger partial charge in [-0.15, -0.1) is 0 Å². The second kappa shape index (κ2) is 14.9. The molecule has 5 rings (SSSR count). The van der Waals surface area contributed by atoms with Crippen LogP contribution in [0, 0.1) is 11.8 Å². The minimum absolute atomic E-state index is 0.117. The number of carboxylic acid groups (broad SMARTS) is 1. The fraction of sp³-hybridized carbons (Fsp3) is 0.559. The number of anilines is 1. The van der Waals surface area contributed by atoms with E-state index >= 15 is 0 Å². The minimum atomic E-state index is -3.85. The third-order valence-corrected chi connectivity index (χ3v) is 11.8. The standard InChI is InChI=1S/C34H45ClN2O7S/c1-3-28-9-4-5-10-31(44-22(2)34(39)40)29-15-12-25(29)20-37-17-7-6-8-23-18-27(35)14-11-26(23)21-43-32-16-13-24(19-30(32)37)33(38)36-45(28,41)42/h5,10-11,13-14,16,18-19,22,25,28-29,31,33,36,38H,3-4,6-9,12,15,17,20-21H2,1-2H3,(H,39,40)/b10-5+/t22-,25+,28-,29-,31+,33?/m1/s1. The quantitative estimate of drug-likeness (QED) is 0.342. The third kappa shape index (κ3) is 8.21. The summed E-state index contributed by atoms with van der Waals surface area (Å²) in [7, 11) is -3.85. The summed E-state index contributed by atoms with van der Waals surface area (Å²) < 4.78 is 41.7. The number of hydrogen-bond donors (Lipinski definition) is 3. The van der Waals surface area contributed by atoms with Gasteiger partial charge in [0, 0.05) is 18.1 Å². The molecule has 2 aliphatic heterocycles. The van der Waals surface area contributed by atoms with Crippen molar-refractivity contribution in [3.05, 3.63) is 70.3 Å². The first-order valence-electron chi connectivity index (χ1n) is 16.1. The molecule has 0 radical (unpaired) electrons. The van der Waals surface area contributed by atoms with Crippen LogP contribution in [0.2, 0.25) is 5.02 Å². The second-order valence-corrected chi connectivity index (χ2v) is 14.9. The van der Waals surface area contributed by atoms with E-state index in [2.05, 4.69) is 9.62 Å². The Bertz CT molecular complexity index is 1480. The number of hydrogen-bond acceptors (Lipinski definition) is 7. The summed E-state index contributed by atoms with van der Waals surface area (Å²) in [5.74, 6) is -0.00231. The van der Waals surface area contributed by atoms with Crippen molar-refractivity contribution < 1.29 is 32.9 Å². The number of rotatable bonds is 4. The maximum absolute atomic E-state index is 13.4. The molecule has 0 amide bonds. The number of fused-ring (bicyclic) bond motifs is 3. The lowest BCUT2D eigenvalue weighted by Gasteiger charge is -2.44. The number of sulfonamides is 1. The zero-order valence-electron chi connectivity index (χ0n) is 26.0. The van der Waals surface area contributed by atoms with Crippen LogP contribution in [0.3, 0.4) is 0 Å². The number of ether oxygens (including phenoxy) is 2. The van der Waals surface area contributed by atoms with E-state index in [-0.39, 0.29) is 11.8 Å². The largest absolute Gasteiger partial charge is 0.487 e. The molecular formula is C34H45ClN2O7S. The average molecular weight is 661 g/mol. The fourth-order valence-electron chi connectivity index (χ4n) is 6.66. The van der Waals surface area contributed by atoms with Crippen molar-refractivity contribution in [2.75, 3.05) is 18.0 Å². The summed E-state index contributed by atoms with van der Waals surface area (Å²) in [6.45, 7) is 5.13. The van der Waals surface area contributed by atoms with Gasteiger partial charge in [-0.1, -0.05) is 42.8 Å². The van der Waals surface area contributed by atoms with Gasteiger partial charge in [0.2, 0.25) is 10.0 Å². The molecule has 2 heterocycles. The molecule has 3 aliphatic rings. The van der Waals surface area contributed by atoms with E-state index < -0.39 is 39.7 Å². The number of halogens is 1. The maximum atomic E-state index is 13.4. The van der Waals surface area contributed by atoms with E-state index in [0.29, 0.717) is 48.7 Å². The Hall–Kier alpha value is -2.63. The van der Waals surface area contributed by atoms with Gasteiger partial charge in [-0.3, -0.25) is 0 Å². The molecule has 1 fully saturated rings. The number of aliphatic carboxylic acids is 1. The highest BCUT2D eigenvalue weighted by Crippen LogP contribution is 2.42. The third-order valence-electron chi connectivity index (χ3n) is 9.53. The lowest BCUT2D eigenvalue weighted by atomic mass is 9.70. The molecule has 6 atom stereocenters. The van der Waals surface area contributed by atoms with Crippen LogP contribution in [0.25, 0.3) is 0 Å². The highest BCUT2D eigenvalue weighted by atomic mass is 35.5. The Morgan fingerprint density at radius 2 is 1.98 bits per heavy atom. The van der Waals surface area contributed by atoms with Crippen LogP contribution in [0.4, 0.5) is 5.69 Å². The molecule has 246 valence electrons. The zero-order valence-corrected chi connectivity index (χ0v) is 27.6. The number of allylic oxidation sites excluding steroid dienone is 1. The summed E-state index contributed by atoms with van der Waals surface area (Å²) in [6, 6.07) is 11.2. The fourth-order valence-corrected chi connectivity index (χ4v) is 8.38. The van der Waals surface area contributed by atoms with Crippen molar-refractivity contribution in [1.82, 2.24) is 4.72 Å². The molecule has 1 aliphatic carbocycles. The number of nitrogens with one attached hydrogen (secondary N) is 1. The summed E-state index contributed by atoms with van der Waals surface area (Å²) in [5, 5.41) is 20.7. The number of aliphatic hydroxyl groups is 1. The van der Waals surface area contributed by atoms with E-state index in [0.717, 1.165) is 55.5 Å². The monoisotopic (exact) mass is 660 g/mol. The van der Waals surface area contributed by atoms with Crippen LogP contribution in [-0.2, 0) is 32.6 Å². The van der Waals surface area contributed by atoms with Crippen molar-refractivity contribution in [2.24, 2.45) is 11.8 Å². The predicted octanol–water partition coefficient (Wildman–Crippen LogP) is 5.99. The highest BCUT2D eigenvalue weighted by molar-refractivity contribution is 7.90. The number of benzene rings is 2. The Balaban J connectivity index is 1.54. The SMILES string of the molecule is CC[C@@H]1CC/C=C/[C@H](O[C@H](C)C(=O)O)[C@@H]2CC[C@H]2CN2CCCCc3cc(Cl)ccc3COc3ccc(cc32)C(O)NS1(=O)=O. The first-order valence-corrected chi connectivity index (χ1v) is 18.0. The van der Waals surface area contributed by atoms with Crippen molar-refractivity contribution >= 4 is 33.3 Å². The van der Waals surface area contributed by atoms with Crippen molar-refractivity contribution in [1.29, 1.82) is 0 Å². The van der Waals surface area contributed by atoms with Crippen LogP contribution < -0.4 is 14.4 Å². The van der Waals surface area contributed by atoms with E-state index in [1.807, 2.05) is 49.4 Å². The number of aryl methyl sites for hydroxylation is 1. The molecule has 0 aromatic heterocycles. The minimum Gasteiger partial charge on any atom is -0.487 e. The van der Waals surface area contributed by atoms with Gasteiger partial charge in [0.25, 0.3) is 0 Å². The average Bonchev–Trinajstić information content (AvgIpc) is 3.01. The van der Waals surface area contributed by atoms with Crippen LogP contribution >= 0.6 is 11.6 Å². The lowest BCUT2D eigenvalue weighted by Crippen LogP contribution is -2.45. The first-order chi connectivity index (χ1) is 21.6. The molecule has 1 unspecified atom stereocenters.